The van der Waals surface area contributed by atoms with Crippen LogP contribution in [0.3, 0.4) is 0 Å². The molecular formula is C23H30O6. The molecule has 158 valence electrons. The fourth-order valence-corrected chi connectivity index (χ4v) is 4.89. The van der Waals surface area contributed by atoms with Gasteiger partial charge in [-0.15, -0.1) is 0 Å². The Morgan fingerprint density at radius 1 is 1.17 bits per heavy atom. The van der Waals surface area contributed by atoms with E-state index in [4.69, 9.17) is 18.9 Å². The molecule has 1 heterocycles. The van der Waals surface area contributed by atoms with Crippen molar-refractivity contribution in [3.05, 3.63) is 35.4 Å². The maximum absolute atomic E-state index is 11.5. The number of rotatable bonds is 5. The second-order valence-electron chi connectivity index (χ2n) is 8.26. The van der Waals surface area contributed by atoms with Gasteiger partial charge >= 0.3 is 11.9 Å². The molecule has 0 radical (unpaired) electrons. The quantitative estimate of drug-likeness (QED) is 0.420. The highest BCUT2D eigenvalue weighted by atomic mass is 16.6. The summed E-state index contributed by atoms with van der Waals surface area (Å²) in [5, 5.41) is 0. The Kier molecular flexibility index (Phi) is 6.03. The lowest BCUT2D eigenvalue weighted by atomic mass is 9.56. The first-order valence-electron chi connectivity index (χ1n) is 9.99. The molecule has 0 spiro atoms. The van der Waals surface area contributed by atoms with Gasteiger partial charge in [-0.1, -0.05) is 31.6 Å². The number of carbonyl (C=O) groups excluding carboxylic acids is 2. The number of fused-ring (bicyclic) bond motifs is 2. The van der Waals surface area contributed by atoms with Gasteiger partial charge in [-0.2, -0.15) is 0 Å². The minimum absolute atomic E-state index is 0.153. The highest BCUT2D eigenvalue weighted by molar-refractivity contribution is 5.70. The Morgan fingerprint density at radius 2 is 1.90 bits per heavy atom. The molecule has 5 atom stereocenters. The van der Waals surface area contributed by atoms with Crippen molar-refractivity contribution in [3.63, 3.8) is 0 Å². The zero-order valence-electron chi connectivity index (χ0n) is 18.0. The molecule has 6 nitrogen and oxygen atoms in total. The number of benzene rings is 1. The average Bonchev–Trinajstić information content (AvgIpc) is 2.65. The van der Waals surface area contributed by atoms with Gasteiger partial charge in [-0.05, 0) is 36.5 Å². The summed E-state index contributed by atoms with van der Waals surface area (Å²) in [4.78, 5) is 22.8. The van der Waals surface area contributed by atoms with Crippen molar-refractivity contribution >= 4 is 11.9 Å². The SMILES string of the molecule is COc1cc([C@H]2OC[C@]3(COC(C)=O)[C@@H](C)C=C(C)[C@@H]2[C@@H]3C)ccc1OC(C)=O. The number of allylic oxidation sites excluding steroid dienone is 1. The van der Waals surface area contributed by atoms with E-state index in [1.165, 1.54) is 19.4 Å². The molecule has 1 aliphatic heterocycles. The van der Waals surface area contributed by atoms with Gasteiger partial charge in [0.1, 0.15) is 0 Å². The zero-order chi connectivity index (χ0) is 21.3. The molecule has 1 aliphatic carbocycles. The van der Waals surface area contributed by atoms with Gasteiger partial charge in [0, 0.05) is 25.2 Å². The fourth-order valence-electron chi connectivity index (χ4n) is 4.89. The summed E-state index contributed by atoms with van der Waals surface area (Å²) < 4.78 is 22.5. The van der Waals surface area contributed by atoms with E-state index in [0.717, 1.165) is 5.56 Å². The van der Waals surface area contributed by atoms with Gasteiger partial charge < -0.3 is 18.9 Å². The Bertz CT molecular complexity index is 829. The monoisotopic (exact) mass is 402 g/mol. The maximum atomic E-state index is 11.5. The Balaban J connectivity index is 1.95. The van der Waals surface area contributed by atoms with Gasteiger partial charge in [0.15, 0.2) is 11.5 Å². The van der Waals surface area contributed by atoms with Gasteiger partial charge in [0.2, 0.25) is 0 Å². The summed E-state index contributed by atoms with van der Waals surface area (Å²) in [6.45, 7) is 10.2. The Hall–Kier alpha value is -2.34. The van der Waals surface area contributed by atoms with Crippen molar-refractivity contribution in [3.8, 4) is 11.5 Å². The topological polar surface area (TPSA) is 71.1 Å². The van der Waals surface area contributed by atoms with Crippen molar-refractivity contribution < 1.29 is 28.5 Å². The minimum atomic E-state index is -0.395. The Labute approximate surface area is 172 Å². The second-order valence-corrected chi connectivity index (χ2v) is 8.26. The zero-order valence-corrected chi connectivity index (χ0v) is 18.0. The molecule has 0 unspecified atom stereocenters. The third-order valence-corrected chi connectivity index (χ3v) is 6.56. The van der Waals surface area contributed by atoms with E-state index >= 15 is 0 Å². The van der Waals surface area contributed by atoms with Crippen LogP contribution in [0.1, 0.15) is 46.3 Å². The number of ether oxygens (including phenoxy) is 4. The first-order valence-corrected chi connectivity index (χ1v) is 9.99. The summed E-state index contributed by atoms with van der Waals surface area (Å²) in [7, 11) is 1.55. The third-order valence-electron chi connectivity index (χ3n) is 6.56. The van der Waals surface area contributed by atoms with Crippen LogP contribution in [-0.2, 0) is 19.1 Å². The van der Waals surface area contributed by atoms with E-state index in [-0.39, 0.29) is 35.2 Å². The van der Waals surface area contributed by atoms with E-state index in [0.29, 0.717) is 24.7 Å². The molecule has 1 saturated heterocycles. The lowest BCUT2D eigenvalue weighted by Gasteiger charge is -2.55. The van der Waals surface area contributed by atoms with Crippen LogP contribution in [0, 0.1) is 23.2 Å². The van der Waals surface area contributed by atoms with Crippen molar-refractivity contribution in [2.45, 2.75) is 40.7 Å². The number of hydrogen-bond donors (Lipinski definition) is 0. The summed E-state index contributed by atoms with van der Waals surface area (Å²) in [5.74, 6) is 0.885. The predicted molar refractivity (Wildman–Crippen MR) is 108 cm³/mol. The molecule has 2 bridgehead atoms. The van der Waals surface area contributed by atoms with E-state index in [9.17, 15) is 9.59 Å². The molecule has 0 aromatic heterocycles. The van der Waals surface area contributed by atoms with E-state index in [1.807, 2.05) is 12.1 Å². The molecule has 2 aliphatic rings. The summed E-state index contributed by atoms with van der Waals surface area (Å²) in [6.07, 6.45) is 2.13. The number of carbonyl (C=O) groups is 2. The second kappa shape index (κ2) is 8.19. The number of hydrogen-bond acceptors (Lipinski definition) is 6. The van der Waals surface area contributed by atoms with E-state index in [2.05, 4.69) is 26.8 Å². The van der Waals surface area contributed by atoms with Gasteiger partial charge in [-0.3, -0.25) is 9.59 Å². The maximum Gasteiger partial charge on any atom is 0.308 e. The molecule has 0 N–H and O–H groups in total. The van der Waals surface area contributed by atoms with Crippen LogP contribution in [0.4, 0.5) is 0 Å². The molecular weight excluding hydrogens is 372 g/mol. The van der Waals surface area contributed by atoms with E-state index < -0.39 is 5.97 Å². The molecule has 0 saturated carbocycles. The first kappa shape index (κ1) is 21.4. The largest absolute Gasteiger partial charge is 0.493 e. The Morgan fingerprint density at radius 3 is 2.52 bits per heavy atom. The minimum Gasteiger partial charge on any atom is -0.493 e. The smallest absolute Gasteiger partial charge is 0.308 e. The van der Waals surface area contributed by atoms with Crippen molar-refractivity contribution in [2.24, 2.45) is 23.2 Å². The highest BCUT2D eigenvalue weighted by Gasteiger charge is 2.54. The molecule has 1 aromatic carbocycles. The van der Waals surface area contributed by atoms with Gasteiger partial charge in [0.25, 0.3) is 0 Å². The van der Waals surface area contributed by atoms with Crippen LogP contribution in [0.5, 0.6) is 11.5 Å². The summed E-state index contributed by atoms with van der Waals surface area (Å²) in [5.41, 5.74) is 2.00. The molecule has 29 heavy (non-hydrogen) atoms. The van der Waals surface area contributed by atoms with Crippen LogP contribution in [0.15, 0.2) is 29.8 Å². The fraction of sp³-hybridized carbons (Fsp3) is 0.565. The van der Waals surface area contributed by atoms with Crippen LogP contribution >= 0.6 is 0 Å². The molecule has 3 rings (SSSR count). The van der Waals surface area contributed by atoms with E-state index in [1.54, 1.807) is 13.2 Å². The normalized spacial score (nSPS) is 30.9. The molecule has 0 amide bonds. The third kappa shape index (κ3) is 3.90. The van der Waals surface area contributed by atoms with Crippen molar-refractivity contribution in [1.82, 2.24) is 0 Å². The molecule has 6 heteroatoms. The van der Waals surface area contributed by atoms with Crippen molar-refractivity contribution in [1.29, 1.82) is 0 Å². The van der Waals surface area contributed by atoms with Crippen LogP contribution < -0.4 is 9.47 Å². The van der Waals surface area contributed by atoms with Crippen LogP contribution in [-0.4, -0.2) is 32.3 Å². The molecule has 1 fully saturated rings. The van der Waals surface area contributed by atoms with Gasteiger partial charge in [-0.25, -0.2) is 0 Å². The standard InChI is InChI=1S/C23H30O6/c1-13-9-14(2)23(11-27-16(4)24)12-28-22(21(13)15(23)3)18-7-8-19(29-17(5)25)20(10-18)26-6/h7-10,14-15,21-22H,11-12H2,1-6H3/t14-,15-,21+,22+,23+/m0/s1. The number of esters is 2. The lowest BCUT2D eigenvalue weighted by Crippen LogP contribution is -2.54. The summed E-state index contributed by atoms with van der Waals surface area (Å²) in [6, 6.07) is 5.54. The lowest BCUT2D eigenvalue weighted by molar-refractivity contribution is -0.180. The molecule has 1 aromatic rings. The number of methoxy groups -OCH3 is 1. The average molecular weight is 402 g/mol. The van der Waals surface area contributed by atoms with Crippen molar-refractivity contribution in [2.75, 3.05) is 20.3 Å². The first-order chi connectivity index (χ1) is 13.7. The van der Waals surface area contributed by atoms with Crippen LogP contribution in [0.2, 0.25) is 0 Å². The highest BCUT2D eigenvalue weighted by Crippen LogP contribution is 2.56. The summed E-state index contributed by atoms with van der Waals surface area (Å²) >= 11 is 0. The van der Waals surface area contributed by atoms with Crippen LogP contribution in [0.25, 0.3) is 0 Å². The van der Waals surface area contributed by atoms with Gasteiger partial charge in [0.05, 0.1) is 26.4 Å². The predicted octanol–water partition coefficient (Wildman–Crippen LogP) is 4.09.